The maximum absolute atomic E-state index is 6.60. The molecule has 0 spiro atoms. The van der Waals surface area contributed by atoms with Crippen molar-refractivity contribution in [3.8, 4) is 22.3 Å². The van der Waals surface area contributed by atoms with Crippen LogP contribution >= 0.6 is 0 Å². The quantitative estimate of drug-likeness (QED) is 0.165. The van der Waals surface area contributed by atoms with Crippen molar-refractivity contribution in [3.63, 3.8) is 0 Å². The molecule has 11 aromatic rings. The van der Waals surface area contributed by atoms with Crippen LogP contribution in [0.1, 0.15) is 109 Å². The van der Waals surface area contributed by atoms with Gasteiger partial charge in [0.1, 0.15) is 22.3 Å². The summed E-state index contributed by atoms with van der Waals surface area (Å²) in [4.78, 5) is 5.24. The Bertz CT molecular complexity index is 3990. The van der Waals surface area contributed by atoms with E-state index >= 15 is 0 Å². The largest absolute Gasteiger partial charge is 0.455 e. The molecule has 4 heterocycles. The summed E-state index contributed by atoms with van der Waals surface area (Å²) in [6.07, 6.45) is 4.61. The van der Waals surface area contributed by atoms with Gasteiger partial charge in [-0.1, -0.05) is 165 Å². The fourth-order valence-corrected chi connectivity index (χ4v) is 14.3. The van der Waals surface area contributed by atoms with Gasteiger partial charge in [0.15, 0.2) is 0 Å². The van der Waals surface area contributed by atoms with Gasteiger partial charge in [-0.3, -0.25) is 0 Å². The van der Waals surface area contributed by atoms with Gasteiger partial charge in [-0.25, -0.2) is 0 Å². The van der Waals surface area contributed by atoms with E-state index in [0.717, 1.165) is 103 Å². The predicted molar refractivity (Wildman–Crippen MR) is 321 cm³/mol. The second-order valence-electron chi connectivity index (χ2n) is 25.4. The molecule has 0 amide bonds. The minimum Gasteiger partial charge on any atom is -0.455 e. The molecule has 0 saturated heterocycles. The van der Waals surface area contributed by atoms with E-state index in [1.165, 1.54) is 67.0 Å². The molecular weight excluding hydrogens is 924 g/mol. The third kappa shape index (κ3) is 6.50. The van der Waals surface area contributed by atoms with Crippen molar-refractivity contribution >= 4 is 101 Å². The van der Waals surface area contributed by atoms with Crippen LogP contribution in [0.4, 0.5) is 34.1 Å². The minimum atomic E-state index is 0.00954. The van der Waals surface area contributed by atoms with Gasteiger partial charge in [0, 0.05) is 66.8 Å². The normalized spacial score (nSPS) is 17.4. The number of hydrogen-bond donors (Lipinski definition) is 0. The summed E-state index contributed by atoms with van der Waals surface area (Å²) < 4.78 is 13.2. The highest BCUT2D eigenvalue weighted by molar-refractivity contribution is 7.00. The first-order valence-corrected chi connectivity index (χ1v) is 27.7. The zero-order valence-corrected chi connectivity index (χ0v) is 45.3. The van der Waals surface area contributed by atoms with Crippen LogP contribution in [-0.4, -0.2) is 6.71 Å². The molecule has 0 saturated carbocycles. The van der Waals surface area contributed by atoms with Crippen LogP contribution in [0, 0.1) is 6.92 Å². The highest BCUT2D eigenvalue weighted by atomic mass is 16.3. The van der Waals surface area contributed by atoms with Gasteiger partial charge >= 0.3 is 0 Å². The third-order valence-corrected chi connectivity index (χ3v) is 18.8. The summed E-state index contributed by atoms with van der Waals surface area (Å²) >= 11 is 0. The number of para-hydroxylation sites is 4. The van der Waals surface area contributed by atoms with Crippen molar-refractivity contribution in [1.82, 2.24) is 0 Å². The van der Waals surface area contributed by atoms with Crippen molar-refractivity contribution in [2.45, 2.75) is 110 Å². The van der Waals surface area contributed by atoms with E-state index in [1.54, 1.807) is 0 Å². The van der Waals surface area contributed by atoms with Gasteiger partial charge in [0.05, 0.1) is 0 Å². The number of nitrogens with zero attached hydrogens (tertiary/aromatic N) is 2. The Morgan fingerprint density at radius 2 is 0.750 bits per heavy atom. The zero-order chi connectivity index (χ0) is 51.8. The second-order valence-corrected chi connectivity index (χ2v) is 25.4. The molecule has 0 N–H and O–H groups in total. The van der Waals surface area contributed by atoms with Crippen molar-refractivity contribution < 1.29 is 8.83 Å². The van der Waals surface area contributed by atoms with Gasteiger partial charge in [0.2, 0.25) is 0 Å². The summed E-state index contributed by atoms with van der Waals surface area (Å²) in [5, 5.41) is 4.58. The topological polar surface area (TPSA) is 32.8 Å². The molecule has 2 aliphatic carbocycles. The molecule has 0 unspecified atom stereocenters. The molecule has 0 radical (unpaired) electrons. The molecule has 5 heteroatoms. The standard InChI is InChI=1S/C71H63BN2O2/c1-42-36-61-65-62(37-42)74(46-30-26-44(27-31-46)48-19-15-21-52-50-17-11-13-23-64(50)76-67(48)52)60-41-56-54(69(4,5)33-35-71(56,8)9)39-58(60)72(65)57-38-53-55(70(6,7)34-32-68(53,2)3)40-59(57)73(61)45-28-24-43(25-29-45)47-18-14-20-51-49-16-10-12-22-63(49)75-66(47)51/h10-31,36-41H,32-35H2,1-9H3. The average Bonchev–Trinajstić information content (AvgIpc) is 4.02. The fraction of sp³-hybridized carbons (Fsp3) is 0.239. The number of hydrogen-bond acceptors (Lipinski definition) is 4. The van der Waals surface area contributed by atoms with Crippen molar-refractivity contribution in [2.24, 2.45) is 0 Å². The van der Waals surface area contributed by atoms with Crippen molar-refractivity contribution in [2.75, 3.05) is 9.80 Å². The van der Waals surface area contributed by atoms with Crippen LogP contribution in [-0.2, 0) is 21.7 Å². The van der Waals surface area contributed by atoms with Crippen LogP contribution in [0.2, 0.25) is 0 Å². The molecular formula is C71H63BN2O2. The SMILES string of the molecule is Cc1cc2c3c(c1)N(c1ccc(-c4cccc5c4oc4ccccc45)cc1)c1cc4c(cc1B3c1cc3c(cc1N2c1ccc(-c2cccc5c2oc2ccccc25)cc1)C(C)(C)CCC3(C)C)C(C)(C)CCC4(C)C. The third-order valence-electron chi connectivity index (χ3n) is 18.8. The van der Waals surface area contributed by atoms with Crippen LogP contribution in [0.15, 0.2) is 179 Å². The van der Waals surface area contributed by atoms with Gasteiger partial charge in [-0.15, -0.1) is 0 Å². The first kappa shape index (κ1) is 45.6. The van der Waals surface area contributed by atoms with E-state index in [4.69, 9.17) is 8.83 Å². The van der Waals surface area contributed by atoms with Crippen LogP contribution in [0.25, 0.3) is 66.1 Å². The van der Waals surface area contributed by atoms with Crippen molar-refractivity contribution in [3.05, 3.63) is 198 Å². The summed E-state index contributed by atoms with van der Waals surface area (Å²) in [5.41, 5.74) is 26.9. The first-order chi connectivity index (χ1) is 36.5. The number of anilines is 6. The molecule has 76 heavy (non-hydrogen) atoms. The number of fused-ring (bicyclic) bond motifs is 12. The number of aryl methyl sites for hydroxylation is 1. The van der Waals surface area contributed by atoms with Crippen LogP contribution in [0.5, 0.6) is 0 Å². The maximum Gasteiger partial charge on any atom is 0.252 e. The molecule has 2 aromatic heterocycles. The Morgan fingerprint density at radius 3 is 1.16 bits per heavy atom. The Morgan fingerprint density at radius 1 is 0.382 bits per heavy atom. The molecule has 0 fully saturated rings. The van der Waals surface area contributed by atoms with E-state index in [0.29, 0.717) is 0 Å². The Kier molecular flexibility index (Phi) is 9.40. The van der Waals surface area contributed by atoms with E-state index < -0.39 is 0 Å². The highest BCUT2D eigenvalue weighted by Gasteiger charge is 2.48. The number of benzene rings is 9. The zero-order valence-electron chi connectivity index (χ0n) is 45.3. The van der Waals surface area contributed by atoms with Gasteiger partial charge < -0.3 is 18.6 Å². The van der Waals surface area contributed by atoms with Gasteiger partial charge in [-0.2, -0.15) is 0 Å². The molecule has 4 aliphatic rings. The Hall–Kier alpha value is -7.76. The average molecular weight is 987 g/mol. The van der Waals surface area contributed by atoms with Crippen LogP contribution < -0.4 is 26.2 Å². The molecule has 2 aliphatic heterocycles. The number of rotatable bonds is 4. The number of furan rings is 2. The fourth-order valence-electron chi connectivity index (χ4n) is 14.3. The molecule has 4 nitrogen and oxygen atoms in total. The maximum atomic E-state index is 6.60. The van der Waals surface area contributed by atoms with E-state index in [-0.39, 0.29) is 28.4 Å². The van der Waals surface area contributed by atoms with E-state index in [9.17, 15) is 0 Å². The minimum absolute atomic E-state index is 0.00954. The monoisotopic (exact) mass is 986 g/mol. The predicted octanol–water partition coefficient (Wildman–Crippen LogP) is 17.9. The van der Waals surface area contributed by atoms with Gasteiger partial charge in [0.25, 0.3) is 6.71 Å². The molecule has 15 rings (SSSR count). The van der Waals surface area contributed by atoms with E-state index in [1.807, 2.05) is 0 Å². The lowest BCUT2D eigenvalue weighted by Gasteiger charge is -2.49. The summed E-state index contributed by atoms with van der Waals surface area (Å²) in [5.74, 6) is 0. The summed E-state index contributed by atoms with van der Waals surface area (Å²) in [6.45, 7) is 22.1. The van der Waals surface area contributed by atoms with Crippen LogP contribution in [0.3, 0.4) is 0 Å². The van der Waals surface area contributed by atoms with E-state index in [2.05, 4.69) is 242 Å². The second kappa shape index (κ2) is 15.7. The molecule has 9 aromatic carbocycles. The molecule has 372 valence electrons. The summed E-state index contributed by atoms with van der Waals surface area (Å²) in [7, 11) is 0. The lowest BCUT2D eigenvalue weighted by atomic mass is 9.32. The Labute approximate surface area is 447 Å². The summed E-state index contributed by atoms with van der Waals surface area (Å²) in [6, 6.07) is 64.0. The lowest BCUT2D eigenvalue weighted by molar-refractivity contribution is 0.332. The molecule has 0 bridgehead atoms. The van der Waals surface area contributed by atoms with Crippen molar-refractivity contribution in [1.29, 1.82) is 0 Å². The Balaban J connectivity index is 0.971. The molecule has 0 atom stereocenters. The lowest BCUT2D eigenvalue weighted by Crippen LogP contribution is -2.62. The highest BCUT2D eigenvalue weighted by Crippen LogP contribution is 2.53. The first-order valence-electron chi connectivity index (χ1n) is 27.7. The smallest absolute Gasteiger partial charge is 0.252 e. The van der Waals surface area contributed by atoms with Gasteiger partial charge in [-0.05, 0) is 170 Å².